The molecule has 0 aromatic carbocycles. The first-order valence-electron chi connectivity index (χ1n) is 3.60. The van der Waals surface area contributed by atoms with Crippen LogP contribution in [0, 0.1) is 11.3 Å². The Balaban J connectivity index is 2.36. The van der Waals surface area contributed by atoms with Gasteiger partial charge in [-0.1, -0.05) is 19.1 Å². The number of hydrogen-bond donors (Lipinski definition) is 1. The zero-order valence-electron chi connectivity index (χ0n) is 5.67. The first kappa shape index (κ1) is 5.48. The summed E-state index contributed by atoms with van der Waals surface area (Å²) in [5, 5.41) is 9.53. The van der Waals surface area contributed by atoms with E-state index in [9.17, 15) is 5.11 Å². The molecule has 0 aliphatic heterocycles. The number of rotatable bonds is 0. The van der Waals surface area contributed by atoms with Crippen molar-refractivity contribution in [1.82, 2.24) is 0 Å². The van der Waals surface area contributed by atoms with Gasteiger partial charge in [0, 0.05) is 11.3 Å². The molecule has 2 bridgehead atoms. The largest absolute Gasteiger partial charge is 0.392 e. The third-order valence-electron chi connectivity index (χ3n) is 2.82. The van der Waals surface area contributed by atoms with Crippen LogP contribution < -0.4 is 0 Å². The maximum absolute atomic E-state index is 9.53. The van der Waals surface area contributed by atoms with Gasteiger partial charge in [-0.2, -0.15) is 0 Å². The Morgan fingerprint density at radius 1 is 1.67 bits per heavy atom. The molecule has 0 aromatic rings. The lowest BCUT2D eigenvalue weighted by Gasteiger charge is -2.20. The first-order chi connectivity index (χ1) is 4.22. The van der Waals surface area contributed by atoms with Crippen molar-refractivity contribution in [1.29, 1.82) is 0 Å². The number of aliphatic hydroxyl groups excluding tert-OH is 1. The maximum Gasteiger partial charge on any atom is 0.0690 e. The fourth-order valence-electron chi connectivity index (χ4n) is 2.00. The molecule has 0 amide bonds. The molecule has 2 aliphatic rings. The normalized spacial score (nSPS) is 54.9. The number of aliphatic hydroxyl groups is 1. The molecule has 1 saturated carbocycles. The lowest BCUT2D eigenvalue weighted by Crippen LogP contribution is -2.22. The van der Waals surface area contributed by atoms with Gasteiger partial charge in [-0.25, -0.2) is 0 Å². The summed E-state index contributed by atoms with van der Waals surface area (Å²) in [4.78, 5) is 0. The summed E-state index contributed by atoms with van der Waals surface area (Å²) in [7, 11) is 0. The second-order valence-electron chi connectivity index (χ2n) is 3.51. The summed E-state index contributed by atoms with van der Waals surface area (Å²) >= 11 is 0. The van der Waals surface area contributed by atoms with Crippen LogP contribution in [0.25, 0.3) is 0 Å². The molecule has 1 heteroatoms. The highest BCUT2D eigenvalue weighted by molar-refractivity contribution is 5.18. The molecular weight excluding hydrogens is 112 g/mol. The molecule has 3 atom stereocenters. The molecule has 9 heavy (non-hydrogen) atoms. The van der Waals surface area contributed by atoms with Gasteiger partial charge in [0.25, 0.3) is 0 Å². The molecule has 0 aromatic heterocycles. The van der Waals surface area contributed by atoms with E-state index in [1.165, 1.54) is 12.8 Å². The third kappa shape index (κ3) is 0.531. The Morgan fingerprint density at radius 3 is 2.56 bits per heavy atom. The van der Waals surface area contributed by atoms with Crippen LogP contribution in [0.4, 0.5) is 0 Å². The van der Waals surface area contributed by atoms with Crippen LogP contribution in [-0.4, -0.2) is 11.2 Å². The van der Waals surface area contributed by atoms with Gasteiger partial charge in [-0.3, -0.25) is 0 Å². The molecular formula is C8H12O. The van der Waals surface area contributed by atoms with Crippen LogP contribution in [0.1, 0.15) is 19.8 Å². The highest BCUT2D eigenvalue weighted by atomic mass is 16.3. The maximum atomic E-state index is 9.53. The second-order valence-corrected chi connectivity index (χ2v) is 3.51. The number of hydrogen-bond acceptors (Lipinski definition) is 1. The van der Waals surface area contributed by atoms with Crippen LogP contribution in [0.5, 0.6) is 0 Å². The molecule has 0 radical (unpaired) electrons. The van der Waals surface area contributed by atoms with Crippen molar-refractivity contribution in [3.8, 4) is 0 Å². The minimum absolute atomic E-state index is 0.0718. The quantitative estimate of drug-likeness (QED) is 0.483. The summed E-state index contributed by atoms with van der Waals surface area (Å²) in [5.41, 5.74) is 0.144. The van der Waals surface area contributed by atoms with Gasteiger partial charge in [0.05, 0.1) is 6.10 Å². The van der Waals surface area contributed by atoms with E-state index >= 15 is 0 Å². The van der Waals surface area contributed by atoms with Gasteiger partial charge in [0.1, 0.15) is 0 Å². The van der Waals surface area contributed by atoms with Crippen molar-refractivity contribution in [3.05, 3.63) is 12.2 Å². The minimum Gasteiger partial charge on any atom is -0.392 e. The van der Waals surface area contributed by atoms with Crippen LogP contribution in [0.3, 0.4) is 0 Å². The minimum atomic E-state index is -0.0718. The smallest absolute Gasteiger partial charge is 0.0690 e. The molecule has 2 rings (SSSR count). The summed E-state index contributed by atoms with van der Waals surface area (Å²) in [5.74, 6) is 0.481. The first-order valence-corrected chi connectivity index (χ1v) is 3.60. The van der Waals surface area contributed by atoms with Crippen LogP contribution in [0.2, 0.25) is 0 Å². The van der Waals surface area contributed by atoms with Gasteiger partial charge in [-0.05, 0) is 12.8 Å². The van der Waals surface area contributed by atoms with Crippen molar-refractivity contribution >= 4 is 0 Å². The molecule has 0 spiro atoms. The van der Waals surface area contributed by atoms with E-state index < -0.39 is 0 Å². The standard InChI is InChI=1S/C8H12O/c1-8-4-2-6(3-5-8)7(8)9/h2,4,6-7,9H,3,5H2,1H3. The summed E-state index contributed by atoms with van der Waals surface area (Å²) in [6, 6.07) is 0. The van der Waals surface area contributed by atoms with Crippen LogP contribution in [0.15, 0.2) is 12.2 Å². The average Bonchev–Trinajstić information content (AvgIpc) is 2.24. The fraction of sp³-hybridized carbons (Fsp3) is 0.750. The predicted molar refractivity (Wildman–Crippen MR) is 36.0 cm³/mol. The molecule has 50 valence electrons. The van der Waals surface area contributed by atoms with Crippen LogP contribution in [-0.2, 0) is 0 Å². The highest BCUT2D eigenvalue weighted by Gasteiger charge is 2.45. The molecule has 3 unspecified atom stereocenters. The fourth-order valence-corrected chi connectivity index (χ4v) is 2.00. The zero-order chi connectivity index (χ0) is 6.48. The topological polar surface area (TPSA) is 20.2 Å². The Labute approximate surface area is 55.4 Å². The highest BCUT2D eigenvalue weighted by Crippen LogP contribution is 2.48. The molecule has 1 nitrogen and oxygen atoms in total. The molecule has 1 fully saturated rings. The molecule has 0 saturated heterocycles. The van der Waals surface area contributed by atoms with Gasteiger partial charge in [0.2, 0.25) is 0 Å². The lowest BCUT2D eigenvalue weighted by molar-refractivity contribution is 0.0898. The summed E-state index contributed by atoms with van der Waals surface area (Å²) < 4.78 is 0. The SMILES string of the molecule is CC12C=CC(CC1)C2O. The molecule has 2 aliphatic carbocycles. The van der Waals surface area contributed by atoms with E-state index in [2.05, 4.69) is 19.1 Å². The second kappa shape index (κ2) is 1.40. The average molecular weight is 124 g/mol. The monoisotopic (exact) mass is 124 g/mol. The Bertz CT molecular complexity index is 162. The van der Waals surface area contributed by atoms with Crippen molar-refractivity contribution < 1.29 is 5.11 Å². The Hall–Kier alpha value is -0.300. The molecule has 0 heterocycles. The third-order valence-corrected chi connectivity index (χ3v) is 2.82. The number of fused-ring (bicyclic) bond motifs is 2. The van der Waals surface area contributed by atoms with Crippen molar-refractivity contribution in [2.75, 3.05) is 0 Å². The summed E-state index contributed by atoms with van der Waals surface area (Å²) in [6.07, 6.45) is 6.63. The van der Waals surface area contributed by atoms with E-state index in [4.69, 9.17) is 0 Å². The predicted octanol–water partition coefficient (Wildman–Crippen LogP) is 1.33. The van der Waals surface area contributed by atoms with Gasteiger partial charge >= 0.3 is 0 Å². The van der Waals surface area contributed by atoms with Gasteiger partial charge in [0.15, 0.2) is 0 Å². The summed E-state index contributed by atoms with van der Waals surface area (Å²) in [6.45, 7) is 2.14. The zero-order valence-corrected chi connectivity index (χ0v) is 5.67. The van der Waals surface area contributed by atoms with E-state index in [1.807, 2.05) is 0 Å². The van der Waals surface area contributed by atoms with E-state index in [-0.39, 0.29) is 11.5 Å². The van der Waals surface area contributed by atoms with E-state index in [0.717, 1.165) is 0 Å². The van der Waals surface area contributed by atoms with Gasteiger partial charge < -0.3 is 5.11 Å². The Kier molecular flexibility index (Phi) is 0.854. The van der Waals surface area contributed by atoms with E-state index in [1.54, 1.807) is 0 Å². The van der Waals surface area contributed by atoms with Crippen LogP contribution >= 0.6 is 0 Å². The van der Waals surface area contributed by atoms with Crippen molar-refractivity contribution in [2.45, 2.75) is 25.9 Å². The van der Waals surface area contributed by atoms with E-state index in [0.29, 0.717) is 5.92 Å². The Morgan fingerprint density at radius 2 is 2.44 bits per heavy atom. The molecule has 1 N–H and O–H groups in total. The van der Waals surface area contributed by atoms with Crippen molar-refractivity contribution in [3.63, 3.8) is 0 Å². The lowest BCUT2D eigenvalue weighted by atomic mass is 9.89. The van der Waals surface area contributed by atoms with Gasteiger partial charge in [-0.15, -0.1) is 0 Å². The van der Waals surface area contributed by atoms with Crippen molar-refractivity contribution in [2.24, 2.45) is 11.3 Å².